The average molecular weight is 459 g/mol. The standard InChI is InChI=1S/C31H35ClO/c32-28-16-8-13-25-24-18-17-21(19-29(24)33-30(25)28)31(20-9-2-1-3-10-20)26-14-6-4-11-22(26)23-12-5-7-15-27(23)31/h1-4,6,9-10,13-14,17-18,21-24,27-30H,5,7-8,11-12,15-16,19H2. The predicted molar refractivity (Wildman–Crippen MR) is 135 cm³/mol. The Labute approximate surface area is 203 Å². The summed E-state index contributed by atoms with van der Waals surface area (Å²) in [5.41, 5.74) is 4.85. The third kappa shape index (κ3) is 2.94. The summed E-state index contributed by atoms with van der Waals surface area (Å²) >= 11 is 6.74. The van der Waals surface area contributed by atoms with Crippen molar-refractivity contribution in [3.05, 3.63) is 83.5 Å². The molecule has 1 aromatic rings. The van der Waals surface area contributed by atoms with Gasteiger partial charge in [-0.1, -0.05) is 85.2 Å². The van der Waals surface area contributed by atoms with Crippen molar-refractivity contribution in [2.45, 2.75) is 74.4 Å². The molecule has 9 unspecified atom stereocenters. The molecule has 0 aromatic heterocycles. The van der Waals surface area contributed by atoms with Gasteiger partial charge in [0.1, 0.15) is 0 Å². The Morgan fingerprint density at radius 2 is 1.88 bits per heavy atom. The summed E-state index contributed by atoms with van der Waals surface area (Å²) in [5, 5.41) is 0.135. The number of allylic oxidation sites excluding steroid dienone is 6. The number of fused-ring (bicyclic) bond motifs is 6. The van der Waals surface area contributed by atoms with Gasteiger partial charge < -0.3 is 4.74 Å². The minimum absolute atomic E-state index is 0.106. The van der Waals surface area contributed by atoms with Crippen molar-refractivity contribution in [3.63, 3.8) is 0 Å². The fourth-order valence-electron chi connectivity index (χ4n) is 8.94. The summed E-state index contributed by atoms with van der Waals surface area (Å²) in [6, 6.07) is 11.6. The molecule has 1 saturated heterocycles. The van der Waals surface area contributed by atoms with Gasteiger partial charge in [0.05, 0.1) is 17.6 Å². The molecule has 6 aliphatic rings. The second kappa shape index (κ2) is 7.99. The molecule has 5 aliphatic carbocycles. The van der Waals surface area contributed by atoms with Crippen LogP contribution in [-0.2, 0) is 10.2 Å². The van der Waals surface area contributed by atoms with Crippen LogP contribution in [-0.4, -0.2) is 17.6 Å². The first-order valence-corrected chi connectivity index (χ1v) is 13.8. The molecule has 1 aromatic carbocycles. The van der Waals surface area contributed by atoms with Crippen LogP contribution in [0.25, 0.3) is 0 Å². The number of halogens is 1. The van der Waals surface area contributed by atoms with Crippen LogP contribution in [0.2, 0.25) is 0 Å². The van der Waals surface area contributed by atoms with Crippen LogP contribution in [0.1, 0.15) is 56.9 Å². The Morgan fingerprint density at radius 1 is 1.00 bits per heavy atom. The highest BCUT2D eigenvalue weighted by molar-refractivity contribution is 6.21. The molecule has 0 amide bonds. The third-order valence-electron chi connectivity index (χ3n) is 10.1. The molecule has 0 N–H and O–H groups in total. The second-order valence-corrected chi connectivity index (χ2v) is 11.9. The molecule has 0 bridgehead atoms. The normalized spacial score (nSPS) is 45.5. The average Bonchev–Trinajstić information content (AvgIpc) is 3.39. The highest BCUT2D eigenvalue weighted by atomic mass is 35.5. The molecular formula is C31H35ClO. The fraction of sp³-hybridized carbons (Fsp3) is 0.548. The molecule has 2 heteroatoms. The summed E-state index contributed by atoms with van der Waals surface area (Å²) in [4.78, 5) is 0. The highest BCUT2D eigenvalue weighted by Gasteiger charge is 2.61. The van der Waals surface area contributed by atoms with E-state index in [0.29, 0.717) is 17.8 Å². The van der Waals surface area contributed by atoms with Crippen LogP contribution in [0.5, 0.6) is 0 Å². The van der Waals surface area contributed by atoms with Crippen LogP contribution in [0.3, 0.4) is 0 Å². The lowest BCUT2D eigenvalue weighted by Crippen LogP contribution is -2.45. The molecule has 1 nitrogen and oxygen atoms in total. The largest absolute Gasteiger partial charge is 0.368 e. The van der Waals surface area contributed by atoms with E-state index < -0.39 is 0 Å². The predicted octanol–water partition coefficient (Wildman–Crippen LogP) is 7.53. The zero-order valence-corrected chi connectivity index (χ0v) is 20.2. The molecule has 1 aliphatic heterocycles. The van der Waals surface area contributed by atoms with Gasteiger partial charge in [0, 0.05) is 11.3 Å². The highest BCUT2D eigenvalue weighted by Crippen LogP contribution is 2.66. The first kappa shape index (κ1) is 20.8. The molecule has 1 heterocycles. The van der Waals surface area contributed by atoms with Crippen LogP contribution >= 0.6 is 11.6 Å². The molecule has 0 radical (unpaired) electrons. The minimum Gasteiger partial charge on any atom is -0.368 e. The lowest BCUT2D eigenvalue weighted by Gasteiger charge is -2.48. The lowest BCUT2D eigenvalue weighted by atomic mass is 9.56. The zero-order chi connectivity index (χ0) is 22.0. The van der Waals surface area contributed by atoms with Gasteiger partial charge in [-0.25, -0.2) is 0 Å². The smallest absolute Gasteiger partial charge is 0.0959 e. The van der Waals surface area contributed by atoms with Crippen molar-refractivity contribution in [1.29, 1.82) is 0 Å². The van der Waals surface area contributed by atoms with E-state index >= 15 is 0 Å². The number of hydrogen-bond acceptors (Lipinski definition) is 1. The van der Waals surface area contributed by atoms with Gasteiger partial charge in [0.15, 0.2) is 0 Å². The summed E-state index contributed by atoms with van der Waals surface area (Å²) in [7, 11) is 0. The Hall–Kier alpha value is -1.57. The number of benzene rings is 1. The topological polar surface area (TPSA) is 9.23 Å². The van der Waals surface area contributed by atoms with E-state index in [-0.39, 0.29) is 23.0 Å². The summed E-state index contributed by atoms with van der Waals surface area (Å²) in [6.07, 6.45) is 25.3. The Kier molecular flexibility index (Phi) is 5.03. The monoisotopic (exact) mass is 458 g/mol. The van der Waals surface area contributed by atoms with E-state index in [1.54, 1.807) is 11.1 Å². The van der Waals surface area contributed by atoms with Gasteiger partial charge in [-0.05, 0) is 73.3 Å². The van der Waals surface area contributed by atoms with Gasteiger partial charge in [-0.2, -0.15) is 0 Å². The van der Waals surface area contributed by atoms with Crippen molar-refractivity contribution in [2.24, 2.45) is 29.6 Å². The fourth-order valence-corrected chi connectivity index (χ4v) is 9.27. The molecule has 0 spiro atoms. The van der Waals surface area contributed by atoms with Crippen molar-refractivity contribution in [3.8, 4) is 0 Å². The van der Waals surface area contributed by atoms with E-state index in [1.165, 1.54) is 37.7 Å². The number of rotatable bonds is 2. The number of alkyl halides is 1. The maximum atomic E-state index is 6.74. The SMILES string of the molecule is ClC1CCC=C2C3C=CC(C4(c5ccccc5)C5=CC=CCC5C5CCCCC54)CC3OC21. The van der Waals surface area contributed by atoms with Gasteiger partial charge in [0.2, 0.25) is 0 Å². The van der Waals surface area contributed by atoms with Crippen LogP contribution in [0.15, 0.2) is 77.9 Å². The van der Waals surface area contributed by atoms with Gasteiger partial charge in [0.25, 0.3) is 0 Å². The second-order valence-electron chi connectivity index (χ2n) is 11.3. The van der Waals surface area contributed by atoms with Crippen molar-refractivity contribution in [2.75, 3.05) is 0 Å². The van der Waals surface area contributed by atoms with Crippen molar-refractivity contribution in [1.82, 2.24) is 0 Å². The Bertz CT molecular complexity index is 1030. The summed E-state index contributed by atoms with van der Waals surface area (Å²) in [5.74, 6) is 3.20. The summed E-state index contributed by atoms with van der Waals surface area (Å²) in [6.45, 7) is 0. The molecule has 33 heavy (non-hydrogen) atoms. The molecule has 9 atom stereocenters. The molecular weight excluding hydrogens is 424 g/mol. The van der Waals surface area contributed by atoms with Gasteiger partial charge in [-0.3, -0.25) is 0 Å². The van der Waals surface area contributed by atoms with Crippen LogP contribution in [0.4, 0.5) is 0 Å². The third-order valence-corrected chi connectivity index (χ3v) is 10.5. The van der Waals surface area contributed by atoms with Gasteiger partial charge >= 0.3 is 0 Å². The quantitative estimate of drug-likeness (QED) is 0.328. The number of ether oxygens (including phenoxy) is 1. The van der Waals surface area contributed by atoms with Gasteiger partial charge in [-0.15, -0.1) is 11.6 Å². The van der Waals surface area contributed by atoms with Crippen LogP contribution in [0, 0.1) is 29.6 Å². The molecule has 3 fully saturated rings. The molecule has 2 saturated carbocycles. The minimum atomic E-state index is 0.106. The maximum absolute atomic E-state index is 6.74. The molecule has 172 valence electrons. The van der Waals surface area contributed by atoms with E-state index in [1.807, 2.05) is 0 Å². The Morgan fingerprint density at radius 3 is 2.79 bits per heavy atom. The van der Waals surface area contributed by atoms with E-state index in [4.69, 9.17) is 16.3 Å². The zero-order valence-electron chi connectivity index (χ0n) is 19.4. The lowest BCUT2D eigenvalue weighted by molar-refractivity contribution is 0.0141. The molecule has 7 rings (SSSR count). The van der Waals surface area contributed by atoms with Crippen molar-refractivity contribution >= 4 is 11.6 Å². The van der Waals surface area contributed by atoms with E-state index in [2.05, 4.69) is 66.8 Å². The van der Waals surface area contributed by atoms with E-state index in [0.717, 1.165) is 31.1 Å². The van der Waals surface area contributed by atoms with Crippen LogP contribution < -0.4 is 0 Å². The summed E-state index contributed by atoms with van der Waals surface area (Å²) < 4.78 is 6.74. The first-order valence-electron chi connectivity index (χ1n) is 13.4. The van der Waals surface area contributed by atoms with Crippen molar-refractivity contribution < 1.29 is 4.74 Å². The maximum Gasteiger partial charge on any atom is 0.0959 e. The van der Waals surface area contributed by atoms with E-state index in [9.17, 15) is 0 Å². The first-order chi connectivity index (χ1) is 16.3. The number of hydrogen-bond donors (Lipinski definition) is 0. The Balaban J connectivity index is 1.36.